The number of fused-ring (bicyclic) bond motifs is 3. The highest BCUT2D eigenvalue weighted by molar-refractivity contribution is 5.89. The largest absolute Gasteiger partial charge is 0.444 e. The van der Waals surface area contributed by atoms with E-state index < -0.39 is 0 Å². The standard InChI is InChI=1S/C32H40N8O3/c1-21-19-39(30(41)43-21)26-7-6-8-27(35-26)40-25-17-31(2,3)42-20-32(25,4)24-18-33-29(36-28(24)40)34-22-9-11-23(12-10-22)38-15-13-37(5)14-16-38/h6-12,18,21,25H,13-17,19-20H2,1-5H3,(H,33,34,36)/t21-,25+,32+/m0/s1. The van der Waals surface area contributed by atoms with Crippen LogP contribution in [0, 0.1) is 0 Å². The highest BCUT2D eigenvalue weighted by atomic mass is 16.6. The van der Waals surface area contributed by atoms with Crippen molar-refractivity contribution in [3.05, 3.63) is 54.2 Å². The fourth-order valence-electron chi connectivity index (χ4n) is 6.70. The van der Waals surface area contributed by atoms with E-state index in [1.54, 1.807) is 4.90 Å². The van der Waals surface area contributed by atoms with Crippen molar-refractivity contribution in [1.82, 2.24) is 19.9 Å². The van der Waals surface area contributed by atoms with Crippen molar-refractivity contribution in [3.63, 3.8) is 0 Å². The summed E-state index contributed by atoms with van der Waals surface area (Å²) < 4.78 is 11.7. The van der Waals surface area contributed by atoms with Gasteiger partial charge in [0.15, 0.2) is 0 Å². The third kappa shape index (κ3) is 5.04. The van der Waals surface area contributed by atoms with Crippen LogP contribution in [0.1, 0.15) is 39.7 Å². The molecular formula is C32H40N8O3. The van der Waals surface area contributed by atoms with Gasteiger partial charge < -0.3 is 29.5 Å². The molecule has 0 saturated carbocycles. The van der Waals surface area contributed by atoms with Gasteiger partial charge in [0, 0.05) is 54.7 Å². The number of hydrogen-bond donors (Lipinski definition) is 1. The molecule has 226 valence electrons. The molecule has 1 N–H and O–H groups in total. The molecule has 4 aliphatic heterocycles. The van der Waals surface area contributed by atoms with Crippen molar-refractivity contribution in [2.45, 2.75) is 57.3 Å². The van der Waals surface area contributed by atoms with Crippen LogP contribution in [0.4, 0.5) is 39.6 Å². The molecule has 11 heteroatoms. The van der Waals surface area contributed by atoms with E-state index in [9.17, 15) is 4.79 Å². The molecule has 3 aromatic rings. The lowest BCUT2D eigenvalue weighted by atomic mass is 9.73. The number of carbonyl (C=O) groups excluding carboxylic acids is 1. The van der Waals surface area contributed by atoms with E-state index in [1.165, 1.54) is 5.69 Å². The number of carbonyl (C=O) groups is 1. The minimum atomic E-state index is -0.372. The van der Waals surface area contributed by atoms with Crippen molar-refractivity contribution in [1.29, 1.82) is 0 Å². The van der Waals surface area contributed by atoms with Crippen LogP contribution in [0.25, 0.3) is 0 Å². The number of aromatic nitrogens is 3. The molecule has 0 unspecified atom stereocenters. The number of hydrogen-bond acceptors (Lipinski definition) is 10. The fraction of sp³-hybridized carbons (Fsp3) is 0.500. The molecule has 6 heterocycles. The van der Waals surface area contributed by atoms with Gasteiger partial charge in [-0.05, 0) is 70.6 Å². The first-order chi connectivity index (χ1) is 20.6. The van der Waals surface area contributed by atoms with Crippen LogP contribution in [-0.2, 0) is 14.9 Å². The molecule has 1 aromatic carbocycles. The average Bonchev–Trinajstić information content (AvgIpc) is 3.45. The SMILES string of the molecule is C[C@H]1CN(c2cccc(N3c4nc(Nc5ccc(N6CCN(C)CC6)cc5)ncc4[C@@]4(C)COC(C)(C)C[C@@H]34)n2)C(=O)O1. The summed E-state index contributed by atoms with van der Waals surface area (Å²) in [5.41, 5.74) is 2.55. The van der Waals surface area contributed by atoms with Gasteiger partial charge >= 0.3 is 6.09 Å². The number of nitrogens with zero attached hydrogens (tertiary/aromatic N) is 7. The van der Waals surface area contributed by atoms with Crippen molar-refractivity contribution in [3.8, 4) is 0 Å². The summed E-state index contributed by atoms with van der Waals surface area (Å²) in [5, 5.41) is 3.42. The second-order valence-corrected chi connectivity index (χ2v) is 13.1. The van der Waals surface area contributed by atoms with E-state index in [1.807, 2.05) is 31.3 Å². The summed E-state index contributed by atoms with van der Waals surface area (Å²) in [6, 6.07) is 14.3. The summed E-state index contributed by atoms with van der Waals surface area (Å²) in [6.45, 7) is 13.6. The van der Waals surface area contributed by atoms with Crippen LogP contribution >= 0.6 is 0 Å². The average molecular weight is 585 g/mol. The summed E-state index contributed by atoms with van der Waals surface area (Å²) in [5.74, 6) is 2.63. The molecule has 1 amide bonds. The second kappa shape index (κ2) is 10.3. The molecule has 7 rings (SSSR count). The molecular weight excluding hydrogens is 544 g/mol. The first kappa shape index (κ1) is 27.8. The molecule has 0 spiro atoms. The Morgan fingerprint density at radius 3 is 2.44 bits per heavy atom. The van der Waals surface area contributed by atoms with Gasteiger partial charge in [-0.3, -0.25) is 4.90 Å². The van der Waals surface area contributed by atoms with Crippen molar-refractivity contribution in [2.75, 3.05) is 66.4 Å². The van der Waals surface area contributed by atoms with Gasteiger partial charge in [0.2, 0.25) is 5.95 Å². The minimum Gasteiger partial charge on any atom is -0.444 e. The lowest BCUT2D eigenvalue weighted by Gasteiger charge is -2.46. The summed E-state index contributed by atoms with van der Waals surface area (Å²) >= 11 is 0. The van der Waals surface area contributed by atoms with Crippen LogP contribution in [0.2, 0.25) is 0 Å². The predicted molar refractivity (Wildman–Crippen MR) is 167 cm³/mol. The molecule has 3 saturated heterocycles. The number of likely N-dealkylation sites (N-methyl/N-ethyl adjacent to an activating group) is 1. The van der Waals surface area contributed by atoms with Gasteiger partial charge in [-0.15, -0.1) is 0 Å². The molecule has 0 radical (unpaired) electrons. The lowest BCUT2D eigenvalue weighted by Crippen LogP contribution is -2.54. The summed E-state index contributed by atoms with van der Waals surface area (Å²) in [4.78, 5) is 35.9. The van der Waals surface area contributed by atoms with Crippen LogP contribution < -0.4 is 20.0 Å². The topological polar surface area (TPSA) is 99.2 Å². The van der Waals surface area contributed by atoms with Gasteiger partial charge in [0.05, 0.1) is 24.8 Å². The molecule has 0 aliphatic carbocycles. The number of amides is 1. The molecule has 4 aliphatic rings. The Bertz CT molecular complexity index is 1520. The Kier molecular flexibility index (Phi) is 6.70. The van der Waals surface area contributed by atoms with E-state index in [0.29, 0.717) is 24.9 Å². The third-order valence-corrected chi connectivity index (χ3v) is 9.30. The fourth-order valence-corrected chi connectivity index (χ4v) is 6.70. The quantitative estimate of drug-likeness (QED) is 0.455. The van der Waals surface area contributed by atoms with E-state index in [-0.39, 0.29) is 29.3 Å². The molecule has 3 atom stereocenters. The molecule has 3 fully saturated rings. The predicted octanol–water partition coefficient (Wildman–Crippen LogP) is 4.69. The monoisotopic (exact) mass is 584 g/mol. The van der Waals surface area contributed by atoms with Gasteiger partial charge in [-0.25, -0.2) is 14.8 Å². The van der Waals surface area contributed by atoms with Crippen LogP contribution in [0.15, 0.2) is 48.7 Å². The van der Waals surface area contributed by atoms with Gasteiger partial charge in [0.25, 0.3) is 0 Å². The van der Waals surface area contributed by atoms with Gasteiger partial charge in [0.1, 0.15) is 23.6 Å². The van der Waals surface area contributed by atoms with E-state index in [4.69, 9.17) is 24.4 Å². The van der Waals surface area contributed by atoms with E-state index >= 15 is 0 Å². The Hall–Kier alpha value is -3.96. The van der Waals surface area contributed by atoms with Crippen LogP contribution in [0.5, 0.6) is 0 Å². The van der Waals surface area contributed by atoms with Gasteiger partial charge in [-0.2, -0.15) is 4.98 Å². The summed E-state index contributed by atoms with van der Waals surface area (Å²) in [6.07, 6.45) is 2.16. The Morgan fingerprint density at radius 2 is 1.72 bits per heavy atom. The smallest absolute Gasteiger partial charge is 0.415 e. The van der Waals surface area contributed by atoms with Crippen molar-refractivity contribution in [2.24, 2.45) is 0 Å². The zero-order valence-electron chi connectivity index (χ0n) is 25.6. The molecule has 11 nitrogen and oxygen atoms in total. The second-order valence-electron chi connectivity index (χ2n) is 13.1. The van der Waals surface area contributed by atoms with Crippen molar-refractivity contribution < 1.29 is 14.3 Å². The number of anilines is 6. The van der Waals surface area contributed by atoms with Gasteiger partial charge in [-0.1, -0.05) is 13.0 Å². The maximum absolute atomic E-state index is 12.5. The zero-order chi connectivity index (χ0) is 29.9. The Labute approximate surface area is 252 Å². The first-order valence-electron chi connectivity index (χ1n) is 15.2. The number of cyclic esters (lactones) is 1. The Morgan fingerprint density at radius 1 is 0.977 bits per heavy atom. The highest BCUT2D eigenvalue weighted by Crippen LogP contribution is 2.53. The van der Waals surface area contributed by atoms with Crippen LogP contribution in [-0.4, -0.2) is 90.1 Å². The maximum atomic E-state index is 12.5. The van der Waals surface area contributed by atoms with E-state index in [0.717, 1.165) is 55.5 Å². The number of ether oxygens (including phenoxy) is 2. The number of pyridine rings is 1. The van der Waals surface area contributed by atoms with Crippen molar-refractivity contribution >= 4 is 40.9 Å². The zero-order valence-corrected chi connectivity index (χ0v) is 25.6. The molecule has 43 heavy (non-hydrogen) atoms. The Balaban J connectivity index is 1.21. The van der Waals surface area contributed by atoms with Crippen LogP contribution in [0.3, 0.4) is 0 Å². The number of rotatable bonds is 5. The number of piperazine rings is 1. The number of benzene rings is 1. The summed E-state index contributed by atoms with van der Waals surface area (Å²) in [7, 11) is 2.17. The molecule has 2 aromatic heterocycles. The normalized spacial score (nSPS) is 26.7. The third-order valence-electron chi connectivity index (χ3n) is 9.30. The maximum Gasteiger partial charge on any atom is 0.415 e. The minimum absolute atomic E-state index is 0.0471. The molecule has 0 bridgehead atoms. The first-order valence-corrected chi connectivity index (χ1v) is 15.2. The van der Waals surface area contributed by atoms with E-state index in [2.05, 4.69) is 72.1 Å². The highest BCUT2D eigenvalue weighted by Gasteiger charge is 2.55. The lowest BCUT2D eigenvalue weighted by molar-refractivity contribution is -0.0893. The number of nitrogens with one attached hydrogen (secondary N) is 1.